The fourth-order valence-corrected chi connectivity index (χ4v) is 3.19. The summed E-state index contributed by atoms with van der Waals surface area (Å²) in [5.41, 5.74) is 0.507. The molecule has 1 saturated heterocycles. The summed E-state index contributed by atoms with van der Waals surface area (Å²) in [7, 11) is 0. The zero-order valence-corrected chi connectivity index (χ0v) is 13.6. The third-order valence-electron chi connectivity index (χ3n) is 4.13. The van der Waals surface area contributed by atoms with Gasteiger partial charge in [-0.25, -0.2) is 8.78 Å². The Morgan fingerprint density at radius 2 is 1.90 bits per heavy atom. The molecule has 1 aromatic rings. The Hall–Kier alpha value is -0.710. The van der Waals surface area contributed by atoms with E-state index in [4.69, 9.17) is 0 Å². The molecule has 0 amide bonds. The zero-order chi connectivity index (χ0) is 14.5. The minimum Gasteiger partial charge on any atom is -0.314 e. The lowest BCUT2D eigenvalue weighted by molar-refractivity contribution is 0.122. The maximum atomic E-state index is 14.2. The summed E-state index contributed by atoms with van der Waals surface area (Å²) >= 11 is 0. The van der Waals surface area contributed by atoms with Crippen LogP contribution in [0.25, 0.3) is 0 Å². The van der Waals surface area contributed by atoms with Crippen molar-refractivity contribution >= 4 is 12.4 Å². The highest BCUT2D eigenvalue weighted by Gasteiger charge is 2.29. The molecule has 1 N–H and O–H groups in total. The lowest BCUT2D eigenvalue weighted by Crippen LogP contribution is -2.46. The van der Waals surface area contributed by atoms with E-state index in [0.717, 1.165) is 39.0 Å². The first kappa shape index (κ1) is 18.3. The number of nitrogens with one attached hydrogen (secondary N) is 1. The molecule has 1 fully saturated rings. The van der Waals surface area contributed by atoms with Gasteiger partial charge in [-0.1, -0.05) is 32.4 Å². The van der Waals surface area contributed by atoms with Crippen LogP contribution in [0.3, 0.4) is 0 Å². The monoisotopic (exact) mass is 318 g/mol. The predicted molar refractivity (Wildman–Crippen MR) is 84.9 cm³/mol. The molecular formula is C16H25ClF2N2. The van der Waals surface area contributed by atoms with Gasteiger partial charge >= 0.3 is 0 Å². The Morgan fingerprint density at radius 3 is 2.52 bits per heavy atom. The molecule has 1 aromatic carbocycles. The third kappa shape index (κ3) is 4.38. The highest BCUT2D eigenvalue weighted by Crippen LogP contribution is 2.33. The highest BCUT2D eigenvalue weighted by atomic mass is 35.5. The minimum atomic E-state index is -0.744. The van der Waals surface area contributed by atoms with Gasteiger partial charge in [0, 0.05) is 37.8 Å². The first-order chi connectivity index (χ1) is 9.65. The second kappa shape index (κ2) is 8.66. The fourth-order valence-electron chi connectivity index (χ4n) is 3.19. The van der Waals surface area contributed by atoms with Gasteiger partial charge in [0.2, 0.25) is 0 Å². The number of hydrogen-bond acceptors (Lipinski definition) is 2. The number of piperazine rings is 1. The van der Waals surface area contributed by atoms with Crippen molar-refractivity contribution in [2.75, 3.05) is 26.2 Å². The molecule has 0 radical (unpaired) electrons. The Morgan fingerprint density at radius 1 is 1.24 bits per heavy atom. The lowest BCUT2D eigenvalue weighted by atomic mass is 9.89. The number of halogens is 3. The molecule has 120 valence electrons. The van der Waals surface area contributed by atoms with Crippen LogP contribution in [0, 0.1) is 17.6 Å². The molecule has 0 spiro atoms. The van der Waals surface area contributed by atoms with Crippen molar-refractivity contribution in [1.82, 2.24) is 10.2 Å². The van der Waals surface area contributed by atoms with E-state index in [1.165, 1.54) is 6.07 Å². The van der Waals surface area contributed by atoms with E-state index >= 15 is 0 Å². The summed E-state index contributed by atoms with van der Waals surface area (Å²) in [5.74, 6) is -1.11. The summed E-state index contributed by atoms with van der Waals surface area (Å²) in [4.78, 5) is 2.29. The van der Waals surface area contributed by atoms with Crippen molar-refractivity contribution in [1.29, 1.82) is 0 Å². The van der Waals surface area contributed by atoms with Gasteiger partial charge in [0.1, 0.15) is 0 Å². The van der Waals surface area contributed by atoms with Crippen molar-refractivity contribution in [3.8, 4) is 0 Å². The molecule has 0 bridgehead atoms. The normalized spacial score (nSPS) is 18.9. The van der Waals surface area contributed by atoms with Crippen LogP contribution in [-0.4, -0.2) is 31.1 Å². The molecule has 5 heteroatoms. The van der Waals surface area contributed by atoms with Gasteiger partial charge in [0.05, 0.1) is 0 Å². The summed E-state index contributed by atoms with van der Waals surface area (Å²) in [5, 5.41) is 3.31. The van der Waals surface area contributed by atoms with Gasteiger partial charge in [-0.3, -0.25) is 4.90 Å². The van der Waals surface area contributed by atoms with Crippen molar-refractivity contribution in [2.24, 2.45) is 5.92 Å². The average molecular weight is 319 g/mol. The van der Waals surface area contributed by atoms with Gasteiger partial charge in [0.15, 0.2) is 11.6 Å². The van der Waals surface area contributed by atoms with Crippen molar-refractivity contribution < 1.29 is 8.78 Å². The largest absolute Gasteiger partial charge is 0.314 e. The minimum absolute atomic E-state index is 0. The summed E-state index contributed by atoms with van der Waals surface area (Å²) < 4.78 is 27.7. The smallest absolute Gasteiger partial charge is 0.163 e. The molecule has 1 aliphatic rings. The molecule has 0 aliphatic carbocycles. The molecule has 0 saturated carbocycles. The van der Waals surface area contributed by atoms with E-state index in [-0.39, 0.29) is 18.4 Å². The molecule has 21 heavy (non-hydrogen) atoms. The Balaban J connectivity index is 0.00000220. The van der Waals surface area contributed by atoms with Gasteiger partial charge in [-0.15, -0.1) is 12.4 Å². The molecule has 2 rings (SSSR count). The van der Waals surface area contributed by atoms with E-state index in [9.17, 15) is 8.78 Å². The second-order valence-corrected chi connectivity index (χ2v) is 5.64. The van der Waals surface area contributed by atoms with E-state index in [1.54, 1.807) is 12.1 Å². The second-order valence-electron chi connectivity index (χ2n) is 5.64. The van der Waals surface area contributed by atoms with Crippen LogP contribution in [0.1, 0.15) is 38.3 Å². The topological polar surface area (TPSA) is 15.3 Å². The van der Waals surface area contributed by atoms with Gasteiger partial charge in [0.25, 0.3) is 0 Å². The Bertz CT molecular complexity index is 436. The van der Waals surface area contributed by atoms with E-state index in [2.05, 4.69) is 24.1 Å². The van der Waals surface area contributed by atoms with Crippen molar-refractivity contribution in [3.05, 3.63) is 35.4 Å². The lowest BCUT2D eigenvalue weighted by Gasteiger charge is -2.38. The summed E-state index contributed by atoms with van der Waals surface area (Å²) in [6.45, 7) is 7.86. The number of benzene rings is 1. The van der Waals surface area contributed by atoms with Crippen molar-refractivity contribution in [2.45, 2.75) is 32.7 Å². The number of rotatable bonds is 5. The van der Waals surface area contributed by atoms with E-state index in [1.807, 2.05) is 0 Å². The first-order valence-electron chi connectivity index (χ1n) is 7.53. The van der Waals surface area contributed by atoms with E-state index in [0.29, 0.717) is 11.5 Å². The van der Waals surface area contributed by atoms with Crippen LogP contribution in [0.4, 0.5) is 8.78 Å². The maximum Gasteiger partial charge on any atom is 0.163 e. The standard InChI is InChI=1S/C16H24F2N2.ClH/c1-3-5-12(2)16(20-10-8-19-9-11-20)13-6-4-7-14(17)15(13)18;/h4,6-7,12,16,19H,3,5,8-11H2,1-2H3;1H/t12?,16-;/m0./s1. The van der Waals surface area contributed by atoms with Gasteiger partial charge < -0.3 is 5.32 Å². The quantitative estimate of drug-likeness (QED) is 0.889. The molecule has 0 aromatic heterocycles. The van der Waals surface area contributed by atoms with Crippen LogP contribution in [-0.2, 0) is 0 Å². The predicted octanol–water partition coefficient (Wildman–Crippen LogP) is 3.77. The Kier molecular flexibility index (Phi) is 7.57. The van der Waals surface area contributed by atoms with Crippen LogP contribution >= 0.6 is 12.4 Å². The average Bonchev–Trinajstić information content (AvgIpc) is 2.45. The van der Waals surface area contributed by atoms with Crippen LogP contribution in [0.2, 0.25) is 0 Å². The van der Waals surface area contributed by atoms with Gasteiger partial charge in [-0.05, 0) is 18.4 Å². The fraction of sp³-hybridized carbons (Fsp3) is 0.625. The zero-order valence-electron chi connectivity index (χ0n) is 12.7. The molecule has 1 heterocycles. The number of nitrogens with zero attached hydrogens (tertiary/aromatic N) is 1. The van der Waals surface area contributed by atoms with Crippen LogP contribution < -0.4 is 5.32 Å². The number of hydrogen-bond donors (Lipinski definition) is 1. The van der Waals surface area contributed by atoms with Gasteiger partial charge in [-0.2, -0.15) is 0 Å². The van der Waals surface area contributed by atoms with Crippen LogP contribution in [0.5, 0.6) is 0 Å². The molecular weight excluding hydrogens is 294 g/mol. The maximum absolute atomic E-state index is 14.2. The first-order valence-corrected chi connectivity index (χ1v) is 7.53. The van der Waals surface area contributed by atoms with E-state index < -0.39 is 11.6 Å². The molecule has 2 atom stereocenters. The van der Waals surface area contributed by atoms with Crippen LogP contribution in [0.15, 0.2) is 18.2 Å². The third-order valence-corrected chi connectivity index (χ3v) is 4.13. The molecule has 2 nitrogen and oxygen atoms in total. The summed E-state index contributed by atoms with van der Waals surface area (Å²) in [6, 6.07) is 4.50. The molecule has 1 aliphatic heterocycles. The van der Waals surface area contributed by atoms with Crippen molar-refractivity contribution in [3.63, 3.8) is 0 Å². The Labute approximate surface area is 132 Å². The SMILES string of the molecule is CCCC(C)[C@@H](c1cccc(F)c1F)N1CCNCC1.Cl. The molecule has 1 unspecified atom stereocenters. The highest BCUT2D eigenvalue weighted by molar-refractivity contribution is 5.85. The summed E-state index contributed by atoms with van der Waals surface area (Å²) in [6.07, 6.45) is 2.07.